The Morgan fingerprint density at radius 2 is 1.96 bits per heavy atom. The van der Waals surface area contributed by atoms with E-state index < -0.39 is 0 Å². The van der Waals surface area contributed by atoms with Crippen molar-refractivity contribution in [2.24, 2.45) is 0 Å². The number of nitrogens with zero attached hydrogens (tertiary/aromatic N) is 5. The summed E-state index contributed by atoms with van der Waals surface area (Å²) < 4.78 is 2.29. The van der Waals surface area contributed by atoms with Crippen LogP contribution in [0.15, 0.2) is 30.3 Å². The number of fused-ring (bicyclic) bond motifs is 1. The van der Waals surface area contributed by atoms with E-state index in [0.29, 0.717) is 6.54 Å². The number of benzene rings is 1. The van der Waals surface area contributed by atoms with E-state index in [1.165, 1.54) is 19.3 Å². The number of para-hydroxylation sites is 1. The number of aromatic nitrogens is 3. The normalized spacial score (nSPS) is 19.6. The first kappa shape index (κ1) is 18.0. The Bertz CT molecular complexity index is 772. The Kier molecular flexibility index (Phi) is 5.41. The predicted octanol–water partition coefficient (Wildman–Crippen LogP) is 3.19. The summed E-state index contributed by atoms with van der Waals surface area (Å²) in [5.41, 5.74) is 1.10. The maximum atomic E-state index is 13.2. The summed E-state index contributed by atoms with van der Waals surface area (Å²) in [6.07, 6.45) is 6.64. The number of carbonyl (C=O) groups excluding carboxylic acids is 1. The largest absolute Gasteiger partial charge is 0.362 e. The first-order valence-electron chi connectivity index (χ1n) is 10.3. The van der Waals surface area contributed by atoms with Gasteiger partial charge in [-0.2, -0.15) is 0 Å². The number of likely N-dealkylation sites (N-methyl/N-ethyl adjacent to an activating group) is 1. The average molecular weight is 367 g/mol. The second-order valence-corrected chi connectivity index (χ2v) is 7.53. The number of anilines is 1. The molecular weight excluding hydrogens is 338 g/mol. The average Bonchev–Trinajstić information content (AvgIpc) is 3.27. The van der Waals surface area contributed by atoms with Crippen molar-refractivity contribution in [1.82, 2.24) is 19.7 Å². The Morgan fingerprint density at radius 1 is 1.11 bits per heavy atom. The fraction of sp³-hybridized carbons (Fsp3) is 0.571. The molecule has 0 aliphatic carbocycles. The summed E-state index contributed by atoms with van der Waals surface area (Å²) in [7, 11) is 0. The van der Waals surface area contributed by atoms with Crippen molar-refractivity contribution in [2.75, 3.05) is 24.5 Å². The topological polar surface area (TPSA) is 54.3 Å². The minimum absolute atomic E-state index is 0.0753. The Hall–Kier alpha value is -2.37. The zero-order valence-corrected chi connectivity index (χ0v) is 16.2. The van der Waals surface area contributed by atoms with E-state index in [1.807, 2.05) is 23.1 Å². The molecule has 4 rings (SSSR count). The zero-order valence-electron chi connectivity index (χ0n) is 16.2. The maximum Gasteiger partial charge on any atom is 0.242 e. The van der Waals surface area contributed by atoms with Crippen molar-refractivity contribution >= 4 is 11.6 Å². The van der Waals surface area contributed by atoms with Crippen LogP contribution in [0.5, 0.6) is 0 Å². The minimum Gasteiger partial charge on any atom is -0.362 e. The molecule has 1 unspecified atom stereocenters. The number of hydrogen-bond acceptors (Lipinski definition) is 4. The van der Waals surface area contributed by atoms with Crippen LogP contribution >= 0.6 is 0 Å². The number of rotatable bonds is 5. The minimum atomic E-state index is 0.0753. The molecule has 27 heavy (non-hydrogen) atoms. The second-order valence-electron chi connectivity index (χ2n) is 7.53. The summed E-state index contributed by atoms with van der Waals surface area (Å²) in [5, 5.41) is 8.96. The van der Waals surface area contributed by atoms with E-state index in [1.54, 1.807) is 0 Å². The van der Waals surface area contributed by atoms with Crippen LogP contribution in [0.2, 0.25) is 0 Å². The molecule has 1 aromatic carbocycles. The summed E-state index contributed by atoms with van der Waals surface area (Å²) in [4.78, 5) is 17.3. The smallest absolute Gasteiger partial charge is 0.242 e. The van der Waals surface area contributed by atoms with Crippen LogP contribution in [0.4, 0.5) is 5.69 Å². The van der Waals surface area contributed by atoms with E-state index in [0.717, 1.165) is 56.2 Å². The van der Waals surface area contributed by atoms with Crippen LogP contribution in [0.25, 0.3) is 0 Å². The zero-order chi connectivity index (χ0) is 18.6. The summed E-state index contributed by atoms with van der Waals surface area (Å²) >= 11 is 0. The molecule has 6 heteroatoms. The lowest BCUT2D eigenvalue weighted by atomic mass is 10.2. The van der Waals surface area contributed by atoms with Gasteiger partial charge < -0.3 is 14.4 Å². The van der Waals surface area contributed by atoms with Crippen molar-refractivity contribution in [1.29, 1.82) is 0 Å². The standard InChI is InChI=1S/C21H29N5O/c1-2-24(17-10-5-3-6-11-17)16-20(27)25-15-9-12-18(25)21-23-22-19-13-7-4-8-14-26(19)21/h3,5-6,10-11,18H,2,4,7-9,12-16H2,1H3. The molecule has 1 fully saturated rings. The number of hydrogen-bond donors (Lipinski definition) is 0. The molecule has 0 radical (unpaired) electrons. The van der Waals surface area contributed by atoms with Crippen LogP contribution in [0.1, 0.15) is 56.7 Å². The molecular formula is C21H29N5O. The Morgan fingerprint density at radius 3 is 2.78 bits per heavy atom. The van der Waals surface area contributed by atoms with E-state index in [2.05, 4.69) is 38.7 Å². The lowest BCUT2D eigenvalue weighted by molar-refractivity contribution is -0.130. The van der Waals surface area contributed by atoms with Gasteiger partial charge in [0.15, 0.2) is 5.82 Å². The van der Waals surface area contributed by atoms with Gasteiger partial charge in [-0.15, -0.1) is 10.2 Å². The molecule has 1 saturated heterocycles. The van der Waals surface area contributed by atoms with Gasteiger partial charge in [0.05, 0.1) is 12.6 Å². The third-order valence-electron chi connectivity index (χ3n) is 5.84. The first-order valence-corrected chi connectivity index (χ1v) is 10.3. The van der Waals surface area contributed by atoms with Crippen LogP contribution in [0, 0.1) is 0 Å². The van der Waals surface area contributed by atoms with Gasteiger partial charge in [-0.1, -0.05) is 24.6 Å². The van der Waals surface area contributed by atoms with Gasteiger partial charge in [-0.05, 0) is 44.7 Å². The third-order valence-corrected chi connectivity index (χ3v) is 5.84. The highest BCUT2D eigenvalue weighted by Crippen LogP contribution is 2.32. The van der Waals surface area contributed by atoms with Gasteiger partial charge in [0, 0.05) is 31.7 Å². The van der Waals surface area contributed by atoms with Crippen LogP contribution in [-0.4, -0.2) is 45.2 Å². The van der Waals surface area contributed by atoms with Gasteiger partial charge in [0.1, 0.15) is 5.82 Å². The molecule has 0 N–H and O–H groups in total. The van der Waals surface area contributed by atoms with Gasteiger partial charge in [-0.3, -0.25) is 4.79 Å². The maximum absolute atomic E-state index is 13.2. The number of amides is 1. The molecule has 3 heterocycles. The van der Waals surface area contributed by atoms with Crippen LogP contribution < -0.4 is 4.90 Å². The van der Waals surface area contributed by atoms with Gasteiger partial charge in [0.25, 0.3) is 0 Å². The van der Waals surface area contributed by atoms with Gasteiger partial charge in [-0.25, -0.2) is 0 Å². The number of likely N-dealkylation sites (tertiary alicyclic amines) is 1. The first-order chi connectivity index (χ1) is 13.3. The molecule has 1 atom stereocenters. The van der Waals surface area contributed by atoms with Crippen molar-refractivity contribution in [2.45, 2.75) is 58.0 Å². The molecule has 144 valence electrons. The highest BCUT2D eigenvalue weighted by atomic mass is 16.2. The third kappa shape index (κ3) is 3.70. The second kappa shape index (κ2) is 8.11. The Labute approximate surface area is 161 Å². The van der Waals surface area contributed by atoms with E-state index in [9.17, 15) is 4.79 Å². The van der Waals surface area contributed by atoms with E-state index in [-0.39, 0.29) is 11.9 Å². The lowest BCUT2D eigenvalue weighted by Gasteiger charge is -2.29. The quantitative estimate of drug-likeness (QED) is 0.814. The molecule has 6 nitrogen and oxygen atoms in total. The summed E-state index contributed by atoms with van der Waals surface area (Å²) in [5.74, 6) is 2.29. The Balaban J connectivity index is 1.51. The summed E-state index contributed by atoms with van der Waals surface area (Å²) in [6, 6.07) is 10.3. The monoisotopic (exact) mass is 367 g/mol. The molecule has 0 spiro atoms. The molecule has 2 aromatic rings. The van der Waals surface area contributed by atoms with Gasteiger partial charge >= 0.3 is 0 Å². The number of carbonyl (C=O) groups is 1. The summed E-state index contributed by atoms with van der Waals surface area (Å²) in [6.45, 7) is 5.13. The predicted molar refractivity (Wildman–Crippen MR) is 106 cm³/mol. The van der Waals surface area contributed by atoms with Crippen molar-refractivity contribution in [3.8, 4) is 0 Å². The molecule has 0 saturated carbocycles. The highest BCUT2D eigenvalue weighted by molar-refractivity contribution is 5.82. The highest BCUT2D eigenvalue weighted by Gasteiger charge is 2.34. The number of aryl methyl sites for hydroxylation is 1. The van der Waals surface area contributed by atoms with Crippen LogP contribution in [0.3, 0.4) is 0 Å². The molecule has 1 aromatic heterocycles. The van der Waals surface area contributed by atoms with Crippen molar-refractivity contribution in [3.63, 3.8) is 0 Å². The fourth-order valence-corrected chi connectivity index (χ4v) is 4.37. The molecule has 2 aliphatic heterocycles. The van der Waals surface area contributed by atoms with Crippen molar-refractivity contribution in [3.05, 3.63) is 42.0 Å². The molecule has 2 aliphatic rings. The van der Waals surface area contributed by atoms with Crippen LogP contribution in [-0.2, 0) is 17.8 Å². The van der Waals surface area contributed by atoms with Gasteiger partial charge in [0.2, 0.25) is 5.91 Å². The van der Waals surface area contributed by atoms with Crippen molar-refractivity contribution < 1.29 is 4.79 Å². The van der Waals surface area contributed by atoms with E-state index >= 15 is 0 Å². The SMILES string of the molecule is CCN(CC(=O)N1CCCC1c1nnc2n1CCCCC2)c1ccccc1. The molecule has 1 amide bonds. The molecule has 0 bridgehead atoms. The lowest BCUT2D eigenvalue weighted by Crippen LogP contribution is -2.40. The van der Waals surface area contributed by atoms with E-state index in [4.69, 9.17) is 0 Å². The fourth-order valence-electron chi connectivity index (χ4n) is 4.37.